The summed E-state index contributed by atoms with van der Waals surface area (Å²) in [6, 6.07) is 4.36. The molecule has 1 aromatic carbocycles. The molecule has 7 heteroatoms. The Labute approximate surface area is 126 Å². The number of nitro benzene ring substituents is 1. The molecule has 0 fully saturated rings. The van der Waals surface area contributed by atoms with E-state index in [0.717, 1.165) is 13.0 Å². The van der Waals surface area contributed by atoms with Gasteiger partial charge in [-0.05, 0) is 26.0 Å². The van der Waals surface area contributed by atoms with Crippen molar-refractivity contribution in [2.24, 2.45) is 0 Å². The summed E-state index contributed by atoms with van der Waals surface area (Å²) in [6.45, 7) is 4.97. The maximum atomic E-state index is 10.8. The molecule has 0 bridgehead atoms. The highest BCUT2D eigenvalue weighted by Crippen LogP contribution is 2.26. The van der Waals surface area contributed by atoms with Gasteiger partial charge in [0.25, 0.3) is 5.69 Å². The number of benzene rings is 1. The normalized spacial score (nSPS) is 13.8. The summed E-state index contributed by atoms with van der Waals surface area (Å²) in [6.07, 6.45) is 0.981. The van der Waals surface area contributed by atoms with Crippen molar-refractivity contribution in [2.45, 2.75) is 25.9 Å². The first kappa shape index (κ1) is 16.9. The van der Waals surface area contributed by atoms with E-state index in [0.29, 0.717) is 16.8 Å². The third-order valence-electron chi connectivity index (χ3n) is 2.55. The maximum absolute atomic E-state index is 10.8. The third kappa shape index (κ3) is 5.85. The number of ether oxygens (including phenoxy) is 1. The lowest BCUT2D eigenvalue weighted by atomic mass is 10.1. The van der Waals surface area contributed by atoms with Gasteiger partial charge >= 0.3 is 0 Å². The van der Waals surface area contributed by atoms with E-state index in [2.05, 4.69) is 21.2 Å². The van der Waals surface area contributed by atoms with Crippen LogP contribution in [0.15, 0.2) is 22.7 Å². The molecule has 2 N–H and O–H groups in total. The molecule has 0 saturated heterocycles. The Morgan fingerprint density at radius 1 is 1.50 bits per heavy atom. The Morgan fingerprint density at radius 2 is 2.20 bits per heavy atom. The minimum Gasteiger partial charge on any atom is -0.490 e. The molecule has 0 spiro atoms. The van der Waals surface area contributed by atoms with Crippen molar-refractivity contribution in [3.63, 3.8) is 0 Å². The predicted molar refractivity (Wildman–Crippen MR) is 80.1 cm³/mol. The first-order valence-corrected chi connectivity index (χ1v) is 7.14. The highest BCUT2D eigenvalue weighted by atomic mass is 79.9. The van der Waals surface area contributed by atoms with Gasteiger partial charge in [-0.25, -0.2) is 0 Å². The van der Waals surface area contributed by atoms with E-state index >= 15 is 0 Å². The second-order valence-corrected chi connectivity index (χ2v) is 5.78. The van der Waals surface area contributed by atoms with Gasteiger partial charge in [-0.1, -0.05) is 22.9 Å². The van der Waals surface area contributed by atoms with Gasteiger partial charge in [0.1, 0.15) is 18.0 Å². The van der Waals surface area contributed by atoms with Crippen molar-refractivity contribution in [1.29, 1.82) is 0 Å². The molecule has 0 aromatic heterocycles. The smallest absolute Gasteiger partial charge is 0.274 e. The summed E-state index contributed by atoms with van der Waals surface area (Å²) in [4.78, 5) is 10.3. The minimum absolute atomic E-state index is 0.0529. The van der Waals surface area contributed by atoms with Gasteiger partial charge in [-0.3, -0.25) is 10.1 Å². The highest BCUT2D eigenvalue weighted by Gasteiger charge is 2.21. The molecule has 0 heterocycles. The summed E-state index contributed by atoms with van der Waals surface area (Å²) in [5, 5.41) is 24.0. The Hall–Kier alpha value is -1.18. The first-order valence-electron chi connectivity index (χ1n) is 6.35. The van der Waals surface area contributed by atoms with E-state index in [1.54, 1.807) is 13.0 Å². The van der Waals surface area contributed by atoms with Crippen LogP contribution in [0.5, 0.6) is 5.75 Å². The lowest BCUT2D eigenvalue weighted by Crippen LogP contribution is -2.43. The number of hydrogen-bond donors (Lipinski definition) is 2. The van der Waals surface area contributed by atoms with Crippen molar-refractivity contribution in [3.05, 3.63) is 32.8 Å². The van der Waals surface area contributed by atoms with Gasteiger partial charge in [0.05, 0.1) is 11.0 Å². The summed E-state index contributed by atoms with van der Waals surface area (Å²) >= 11 is 3.19. The molecule has 112 valence electrons. The second-order valence-electron chi connectivity index (χ2n) is 4.86. The van der Waals surface area contributed by atoms with E-state index in [1.807, 2.05) is 6.92 Å². The molecular weight excluding hydrogens is 328 g/mol. The van der Waals surface area contributed by atoms with Crippen molar-refractivity contribution < 1.29 is 14.8 Å². The largest absolute Gasteiger partial charge is 0.490 e. The standard InChI is InChI=1S/C13H19BrN2O4/c1-3-4-15-8-13(2,17)9-20-12-6-10(14)5-11(7-12)16(18)19/h5-7,15,17H,3-4,8-9H2,1-2H3. The molecule has 0 aliphatic rings. The van der Waals surface area contributed by atoms with Crippen molar-refractivity contribution in [2.75, 3.05) is 19.7 Å². The minimum atomic E-state index is -1.04. The van der Waals surface area contributed by atoms with E-state index in [1.165, 1.54) is 12.1 Å². The van der Waals surface area contributed by atoms with Crippen LogP contribution in [0.2, 0.25) is 0 Å². The summed E-state index contributed by atoms with van der Waals surface area (Å²) in [5.41, 5.74) is -1.09. The number of non-ortho nitro benzene ring substituents is 1. The van der Waals surface area contributed by atoms with Gasteiger partial charge in [0, 0.05) is 17.1 Å². The summed E-state index contributed by atoms with van der Waals surface area (Å²) in [7, 11) is 0. The van der Waals surface area contributed by atoms with Crippen LogP contribution >= 0.6 is 15.9 Å². The SMILES string of the molecule is CCCNCC(C)(O)COc1cc(Br)cc([N+](=O)[O-])c1. The second kappa shape index (κ2) is 7.56. The van der Waals surface area contributed by atoms with Crippen LogP contribution in [0, 0.1) is 10.1 Å². The average molecular weight is 347 g/mol. The lowest BCUT2D eigenvalue weighted by Gasteiger charge is -2.23. The third-order valence-corrected chi connectivity index (χ3v) is 3.01. The Morgan fingerprint density at radius 3 is 2.80 bits per heavy atom. The fourth-order valence-electron chi connectivity index (χ4n) is 1.56. The van der Waals surface area contributed by atoms with Gasteiger partial charge in [-0.2, -0.15) is 0 Å². The summed E-state index contributed by atoms with van der Waals surface area (Å²) < 4.78 is 6.01. The molecule has 0 saturated carbocycles. The summed E-state index contributed by atoms with van der Waals surface area (Å²) in [5.74, 6) is 0.349. The van der Waals surface area contributed by atoms with Crippen LogP contribution in [0.4, 0.5) is 5.69 Å². The number of nitrogens with zero attached hydrogens (tertiary/aromatic N) is 1. The highest BCUT2D eigenvalue weighted by molar-refractivity contribution is 9.10. The number of hydrogen-bond acceptors (Lipinski definition) is 5. The van der Waals surface area contributed by atoms with Crippen LogP contribution in [0.3, 0.4) is 0 Å². The van der Waals surface area contributed by atoms with E-state index in [4.69, 9.17) is 4.74 Å². The van der Waals surface area contributed by atoms with E-state index in [9.17, 15) is 15.2 Å². The molecule has 0 radical (unpaired) electrons. The van der Waals surface area contributed by atoms with Crippen LogP contribution in [-0.4, -0.2) is 35.3 Å². The molecule has 6 nitrogen and oxygen atoms in total. The van der Waals surface area contributed by atoms with Crippen LogP contribution in [0.25, 0.3) is 0 Å². The molecule has 0 aliphatic carbocycles. The van der Waals surface area contributed by atoms with E-state index in [-0.39, 0.29) is 12.3 Å². The number of nitrogens with one attached hydrogen (secondary N) is 1. The number of rotatable bonds is 8. The van der Waals surface area contributed by atoms with Crippen molar-refractivity contribution >= 4 is 21.6 Å². The monoisotopic (exact) mass is 346 g/mol. The molecule has 1 rings (SSSR count). The molecule has 1 unspecified atom stereocenters. The number of nitro groups is 1. The molecule has 1 atom stereocenters. The Kier molecular flexibility index (Phi) is 6.38. The molecule has 1 aromatic rings. The lowest BCUT2D eigenvalue weighted by molar-refractivity contribution is -0.385. The van der Waals surface area contributed by atoms with E-state index < -0.39 is 10.5 Å². The molecule has 20 heavy (non-hydrogen) atoms. The van der Waals surface area contributed by atoms with Gasteiger partial charge < -0.3 is 15.2 Å². The van der Waals surface area contributed by atoms with Gasteiger partial charge in [0.15, 0.2) is 0 Å². The first-order chi connectivity index (χ1) is 9.34. The number of halogens is 1. The van der Waals surface area contributed by atoms with Crippen molar-refractivity contribution in [1.82, 2.24) is 5.32 Å². The molecule has 0 amide bonds. The average Bonchev–Trinajstić information content (AvgIpc) is 2.36. The van der Waals surface area contributed by atoms with Crippen LogP contribution in [0.1, 0.15) is 20.3 Å². The van der Waals surface area contributed by atoms with Gasteiger partial charge in [0.2, 0.25) is 0 Å². The van der Waals surface area contributed by atoms with Gasteiger partial charge in [-0.15, -0.1) is 0 Å². The quantitative estimate of drug-likeness (QED) is 0.429. The topological polar surface area (TPSA) is 84.6 Å². The zero-order valence-corrected chi connectivity index (χ0v) is 13.1. The van der Waals surface area contributed by atoms with Crippen molar-refractivity contribution in [3.8, 4) is 5.75 Å². The van der Waals surface area contributed by atoms with Crippen LogP contribution < -0.4 is 10.1 Å². The molecule has 0 aliphatic heterocycles. The maximum Gasteiger partial charge on any atom is 0.274 e. The molecular formula is C13H19BrN2O4. The zero-order valence-electron chi connectivity index (χ0n) is 11.6. The zero-order chi connectivity index (χ0) is 15.2. The predicted octanol–water partition coefficient (Wildman–Crippen LogP) is 2.49. The fourth-order valence-corrected chi connectivity index (χ4v) is 2.02. The fraction of sp³-hybridized carbons (Fsp3) is 0.538. The Balaban J connectivity index is 2.62. The van der Waals surface area contributed by atoms with Crippen LogP contribution in [-0.2, 0) is 0 Å². The Bertz CT molecular complexity index is 466. The number of aliphatic hydroxyl groups is 1.